The summed E-state index contributed by atoms with van der Waals surface area (Å²) in [6.45, 7) is 5.64. The Bertz CT molecular complexity index is 270. The van der Waals surface area contributed by atoms with E-state index in [4.69, 9.17) is 5.73 Å². The highest BCUT2D eigenvalue weighted by atomic mass is 16.3. The fourth-order valence-corrected chi connectivity index (χ4v) is 1.34. The van der Waals surface area contributed by atoms with Gasteiger partial charge in [-0.2, -0.15) is 5.10 Å². The SMILES string of the molecule is CC(C)Cn1ccc(C(O)CCN)n1. The second kappa shape index (κ2) is 5.12. The van der Waals surface area contributed by atoms with E-state index in [0.29, 0.717) is 18.9 Å². The van der Waals surface area contributed by atoms with Gasteiger partial charge in [-0.3, -0.25) is 4.68 Å². The molecule has 0 saturated heterocycles. The first-order valence-electron chi connectivity index (χ1n) is 5.05. The zero-order chi connectivity index (χ0) is 10.6. The Kier molecular flexibility index (Phi) is 4.10. The maximum absolute atomic E-state index is 9.61. The number of nitrogens with zero attached hydrogens (tertiary/aromatic N) is 2. The third-order valence-corrected chi connectivity index (χ3v) is 2.00. The van der Waals surface area contributed by atoms with Crippen molar-refractivity contribution in [1.82, 2.24) is 9.78 Å². The average Bonchev–Trinajstić information content (AvgIpc) is 2.52. The summed E-state index contributed by atoms with van der Waals surface area (Å²) in [5, 5.41) is 13.9. The Hall–Kier alpha value is -0.870. The van der Waals surface area contributed by atoms with Crippen LogP contribution in [0.3, 0.4) is 0 Å². The van der Waals surface area contributed by atoms with Crippen LogP contribution in [0.15, 0.2) is 12.3 Å². The lowest BCUT2D eigenvalue weighted by Crippen LogP contribution is -2.09. The van der Waals surface area contributed by atoms with Crippen LogP contribution in [-0.2, 0) is 6.54 Å². The molecule has 0 aliphatic heterocycles. The maximum atomic E-state index is 9.61. The minimum atomic E-state index is -0.520. The van der Waals surface area contributed by atoms with Gasteiger partial charge in [0.2, 0.25) is 0 Å². The molecule has 14 heavy (non-hydrogen) atoms. The summed E-state index contributed by atoms with van der Waals surface area (Å²) in [6, 6.07) is 1.85. The van der Waals surface area contributed by atoms with Gasteiger partial charge >= 0.3 is 0 Å². The van der Waals surface area contributed by atoms with E-state index in [9.17, 15) is 5.11 Å². The summed E-state index contributed by atoms with van der Waals surface area (Å²) in [4.78, 5) is 0. The molecule has 0 bridgehead atoms. The number of aliphatic hydroxyl groups excluding tert-OH is 1. The molecule has 1 heterocycles. The first kappa shape index (κ1) is 11.2. The molecule has 1 atom stereocenters. The molecular weight excluding hydrogens is 178 g/mol. The average molecular weight is 197 g/mol. The molecule has 4 heteroatoms. The van der Waals surface area contributed by atoms with Gasteiger partial charge < -0.3 is 10.8 Å². The van der Waals surface area contributed by atoms with E-state index in [2.05, 4.69) is 18.9 Å². The van der Waals surface area contributed by atoms with E-state index in [1.807, 2.05) is 16.9 Å². The topological polar surface area (TPSA) is 64.1 Å². The predicted octanol–water partition coefficient (Wildman–Crippen LogP) is 0.921. The largest absolute Gasteiger partial charge is 0.387 e. The lowest BCUT2D eigenvalue weighted by molar-refractivity contribution is 0.164. The lowest BCUT2D eigenvalue weighted by atomic mass is 10.2. The van der Waals surface area contributed by atoms with E-state index >= 15 is 0 Å². The van der Waals surface area contributed by atoms with Crippen molar-refractivity contribution in [3.8, 4) is 0 Å². The minimum Gasteiger partial charge on any atom is -0.387 e. The smallest absolute Gasteiger partial charge is 0.0990 e. The Balaban J connectivity index is 2.58. The van der Waals surface area contributed by atoms with Crippen molar-refractivity contribution in [3.05, 3.63) is 18.0 Å². The summed E-state index contributed by atoms with van der Waals surface area (Å²) in [5.74, 6) is 0.564. The molecule has 1 aromatic heterocycles. The molecule has 0 fully saturated rings. The highest BCUT2D eigenvalue weighted by molar-refractivity contribution is 5.02. The van der Waals surface area contributed by atoms with E-state index in [1.165, 1.54) is 0 Å². The van der Waals surface area contributed by atoms with Gasteiger partial charge in [0, 0.05) is 12.7 Å². The fraction of sp³-hybridized carbons (Fsp3) is 0.700. The van der Waals surface area contributed by atoms with Crippen LogP contribution in [0.5, 0.6) is 0 Å². The molecule has 1 unspecified atom stereocenters. The monoisotopic (exact) mass is 197 g/mol. The van der Waals surface area contributed by atoms with Crippen LogP contribution in [0.4, 0.5) is 0 Å². The maximum Gasteiger partial charge on any atom is 0.0990 e. The van der Waals surface area contributed by atoms with Crippen molar-refractivity contribution >= 4 is 0 Å². The molecule has 0 aliphatic rings. The summed E-state index contributed by atoms with van der Waals surface area (Å²) < 4.78 is 1.86. The third-order valence-electron chi connectivity index (χ3n) is 2.00. The van der Waals surface area contributed by atoms with Gasteiger partial charge in [0.1, 0.15) is 0 Å². The van der Waals surface area contributed by atoms with Crippen molar-refractivity contribution in [3.63, 3.8) is 0 Å². The normalized spacial score (nSPS) is 13.5. The van der Waals surface area contributed by atoms with Crippen molar-refractivity contribution in [2.75, 3.05) is 6.54 Å². The van der Waals surface area contributed by atoms with Gasteiger partial charge in [-0.25, -0.2) is 0 Å². The molecule has 1 aromatic rings. The standard InChI is InChI=1S/C10H19N3O/c1-8(2)7-13-6-4-9(12-13)10(14)3-5-11/h4,6,8,10,14H,3,5,7,11H2,1-2H3. The van der Waals surface area contributed by atoms with Gasteiger partial charge in [0.25, 0.3) is 0 Å². The van der Waals surface area contributed by atoms with Gasteiger partial charge in [-0.05, 0) is 24.9 Å². The summed E-state index contributed by atoms with van der Waals surface area (Å²) >= 11 is 0. The van der Waals surface area contributed by atoms with Crippen LogP contribution >= 0.6 is 0 Å². The third kappa shape index (κ3) is 3.12. The van der Waals surface area contributed by atoms with Crippen molar-refractivity contribution < 1.29 is 5.11 Å². The molecule has 0 radical (unpaired) electrons. The number of aliphatic hydroxyl groups is 1. The number of aromatic nitrogens is 2. The summed E-state index contributed by atoms with van der Waals surface area (Å²) in [6.07, 6.45) is 1.95. The van der Waals surface area contributed by atoms with Crippen molar-refractivity contribution in [2.24, 2.45) is 11.7 Å². The van der Waals surface area contributed by atoms with Crippen LogP contribution < -0.4 is 5.73 Å². The van der Waals surface area contributed by atoms with Gasteiger partial charge in [0.15, 0.2) is 0 Å². The number of nitrogens with two attached hydrogens (primary N) is 1. The van der Waals surface area contributed by atoms with E-state index in [0.717, 1.165) is 12.2 Å². The first-order chi connectivity index (χ1) is 6.63. The second-order valence-electron chi connectivity index (χ2n) is 3.95. The lowest BCUT2D eigenvalue weighted by Gasteiger charge is -2.06. The van der Waals surface area contributed by atoms with Gasteiger partial charge in [-0.1, -0.05) is 13.8 Å². The Morgan fingerprint density at radius 2 is 2.29 bits per heavy atom. The molecule has 0 aliphatic carbocycles. The Morgan fingerprint density at radius 1 is 1.57 bits per heavy atom. The van der Waals surface area contributed by atoms with E-state index in [1.54, 1.807) is 0 Å². The van der Waals surface area contributed by atoms with Crippen LogP contribution in [-0.4, -0.2) is 21.4 Å². The Morgan fingerprint density at radius 3 is 2.86 bits per heavy atom. The zero-order valence-electron chi connectivity index (χ0n) is 8.85. The van der Waals surface area contributed by atoms with Crippen LogP contribution in [0.1, 0.15) is 32.1 Å². The molecule has 0 aromatic carbocycles. The highest BCUT2D eigenvalue weighted by Crippen LogP contribution is 2.13. The molecule has 0 spiro atoms. The molecule has 4 nitrogen and oxygen atoms in total. The summed E-state index contributed by atoms with van der Waals surface area (Å²) in [5.41, 5.74) is 6.08. The first-order valence-corrected chi connectivity index (χ1v) is 5.05. The van der Waals surface area contributed by atoms with Crippen LogP contribution in [0, 0.1) is 5.92 Å². The van der Waals surface area contributed by atoms with Crippen molar-refractivity contribution in [2.45, 2.75) is 32.9 Å². The van der Waals surface area contributed by atoms with Crippen molar-refractivity contribution in [1.29, 1.82) is 0 Å². The second-order valence-corrected chi connectivity index (χ2v) is 3.95. The predicted molar refractivity (Wildman–Crippen MR) is 55.7 cm³/mol. The van der Waals surface area contributed by atoms with Crippen LogP contribution in [0.25, 0.3) is 0 Å². The molecule has 0 amide bonds. The molecule has 3 N–H and O–H groups in total. The van der Waals surface area contributed by atoms with E-state index in [-0.39, 0.29) is 0 Å². The molecule has 0 saturated carbocycles. The zero-order valence-corrected chi connectivity index (χ0v) is 8.85. The highest BCUT2D eigenvalue weighted by Gasteiger charge is 2.09. The fourth-order valence-electron chi connectivity index (χ4n) is 1.34. The molecule has 1 rings (SSSR count). The van der Waals surface area contributed by atoms with Crippen LogP contribution in [0.2, 0.25) is 0 Å². The van der Waals surface area contributed by atoms with Gasteiger partial charge in [-0.15, -0.1) is 0 Å². The quantitative estimate of drug-likeness (QED) is 0.737. The van der Waals surface area contributed by atoms with E-state index < -0.39 is 6.10 Å². The molecular formula is C10H19N3O. The number of hydrogen-bond donors (Lipinski definition) is 2. The minimum absolute atomic E-state index is 0.484. The number of hydrogen-bond acceptors (Lipinski definition) is 3. The number of rotatable bonds is 5. The molecule has 80 valence electrons. The Labute approximate surface area is 84.7 Å². The summed E-state index contributed by atoms with van der Waals surface area (Å²) in [7, 11) is 0. The van der Waals surface area contributed by atoms with Gasteiger partial charge in [0.05, 0.1) is 11.8 Å².